The van der Waals surface area contributed by atoms with Crippen molar-refractivity contribution < 1.29 is 55.2 Å². The third-order valence-electron chi connectivity index (χ3n) is 0. The van der Waals surface area contributed by atoms with Gasteiger partial charge in [0.15, 0.2) is 0 Å². The molecule has 0 aliphatic heterocycles. The van der Waals surface area contributed by atoms with Crippen LogP contribution in [0.2, 0.25) is 0 Å². The first-order valence-electron chi connectivity index (χ1n) is 1.41. The van der Waals surface area contributed by atoms with E-state index in [2.05, 4.69) is 0 Å². The molecule has 11 heteroatoms. The summed E-state index contributed by atoms with van der Waals surface area (Å²) in [6, 6.07) is 0. The summed E-state index contributed by atoms with van der Waals surface area (Å²) < 4.78 is 56.7. The Kier molecular flexibility index (Phi) is 10.1. The number of hydrogen-bond acceptors (Lipinski definition) is 4. The zero-order valence-electron chi connectivity index (χ0n) is 4.75. The molecule has 0 saturated heterocycles. The van der Waals surface area contributed by atoms with Gasteiger partial charge < -0.3 is 9.79 Å². The van der Waals surface area contributed by atoms with Crippen LogP contribution in [0.5, 0.6) is 0 Å². The summed E-state index contributed by atoms with van der Waals surface area (Å²) in [5.74, 6) is 0. The molecule has 0 unspecified atom stereocenters. The average Bonchev–Trinajstić information content (AvgIpc) is 1.12. The molecule has 64 valence electrons. The van der Waals surface area contributed by atoms with Gasteiger partial charge in [0.2, 0.25) is 0 Å². The minimum Gasteiger partial charge on any atom is -0.749 e. The molecule has 0 fully saturated rings. The molecule has 0 rings (SSSR count). The van der Waals surface area contributed by atoms with Crippen molar-refractivity contribution in [3.63, 3.8) is 0 Å². The van der Waals surface area contributed by atoms with E-state index in [4.69, 9.17) is 18.9 Å². The summed E-state index contributed by atoms with van der Waals surface area (Å²) in [6.07, 6.45) is 0. The van der Waals surface area contributed by atoms with Crippen LogP contribution in [-0.2, 0) is 28.6 Å². The molecule has 0 aliphatic rings. The Balaban J connectivity index is -0.000000107. The van der Waals surface area contributed by atoms with Crippen LogP contribution < -0.4 is 9.79 Å². The minimum atomic E-state index is -5.89. The normalized spacial score (nSPS) is 10.7. The SMILES string of the molecule is O=P([O-])(F)F.O=P([O-])(F)F.[Zn+2]. The molecule has 11 heavy (non-hydrogen) atoms. The van der Waals surface area contributed by atoms with Crippen molar-refractivity contribution in [2.75, 3.05) is 0 Å². The van der Waals surface area contributed by atoms with Crippen molar-refractivity contribution in [3.05, 3.63) is 0 Å². The maximum atomic E-state index is 10.0. The van der Waals surface area contributed by atoms with Crippen molar-refractivity contribution >= 4 is 16.0 Å². The van der Waals surface area contributed by atoms with Gasteiger partial charge in [-0.05, 0) is 0 Å². The molecule has 0 heterocycles. The Hall–Kier alpha value is 0.723. The summed E-state index contributed by atoms with van der Waals surface area (Å²) in [5, 5.41) is 0. The Morgan fingerprint density at radius 1 is 0.818 bits per heavy atom. The van der Waals surface area contributed by atoms with E-state index in [0.29, 0.717) is 0 Å². The molecule has 0 aromatic rings. The number of halogens is 4. The first-order valence-corrected chi connectivity index (χ1v) is 4.22. The first-order chi connectivity index (χ1) is 4.00. The monoisotopic (exact) mass is 266 g/mol. The van der Waals surface area contributed by atoms with Crippen LogP contribution in [-0.4, -0.2) is 0 Å². The molecule has 0 spiro atoms. The van der Waals surface area contributed by atoms with Gasteiger partial charge >= 0.3 is 35.5 Å². The average molecular weight is 267 g/mol. The van der Waals surface area contributed by atoms with Gasteiger partial charge in [0.1, 0.15) is 0 Å². The third-order valence-corrected chi connectivity index (χ3v) is 0. The van der Waals surface area contributed by atoms with Crippen LogP contribution in [0.1, 0.15) is 0 Å². The van der Waals surface area contributed by atoms with Crippen LogP contribution >= 0.6 is 16.0 Å². The molecule has 4 nitrogen and oxygen atoms in total. The van der Waals surface area contributed by atoms with Crippen molar-refractivity contribution in [3.8, 4) is 0 Å². The van der Waals surface area contributed by atoms with E-state index in [1.807, 2.05) is 0 Å². The molecule has 0 saturated carbocycles. The Morgan fingerprint density at radius 2 is 0.818 bits per heavy atom. The Morgan fingerprint density at radius 3 is 0.818 bits per heavy atom. The second kappa shape index (κ2) is 6.26. The van der Waals surface area contributed by atoms with E-state index >= 15 is 0 Å². The van der Waals surface area contributed by atoms with Crippen LogP contribution in [0.4, 0.5) is 16.8 Å². The van der Waals surface area contributed by atoms with Gasteiger partial charge in [0, 0.05) is 0 Å². The van der Waals surface area contributed by atoms with E-state index < -0.39 is 16.0 Å². The predicted molar refractivity (Wildman–Crippen MR) is 19.6 cm³/mol. The quantitative estimate of drug-likeness (QED) is 0.369. The number of hydrogen-bond donors (Lipinski definition) is 0. The van der Waals surface area contributed by atoms with Gasteiger partial charge in [-0.25, -0.2) is 0 Å². The van der Waals surface area contributed by atoms with E-state index in [9.17, 15) is 16.8 Å². The molecule has 0 aliphatic carbocycles. The maximum absolute atomic E-state index is 10.0. The van der Waals surface area contributed by atoms with E-state index in [-0.39, 0.29) is 19.5 Å². The van der Waals surface area contributed by atoms with Gasteiger partial charge in [-0.15, -0.1) is 0 Å². The molecule has 0 aromatic heterocycles. The molecule has 0 amide bonds. The maximum Gasteiger partial charge on any atom is 2.00 e. The Bertz CT molecular complexity index is 132. The standard InChI is InChI=1S/2F2HO2P.Zn/c2*1-5(2,3)4;/h2*(H,3,4);/q;;+2/p-2. The topological polar surface area (TPSA) is 80.3 Å². The summed E-state index contributed by atoms with van der Waals surface area (Å²) >= 11 is 0. The Labute approximate surface area is 71.8 Å². The van der Waals surface area contributed by atoms with Crippen molar-refractivity contribution in [1.29, 1.82) is 0 Å². The second-order valence-electron chi connectivity index (χ2n) is 0.829. The fourth-order valence-corrected chi connectivity index (χ4v) is 0. The van der Waals surface area contributed by atoms with Crippen LogP contribution in [0.15, 0.2) is 0 Å². The van der Waals surface area contributed by atoms with Gasteiger partial charge in [-0.1, -0.05) is 0 Å². The van der Waals surface area contributed by atoms with E-state index in [1.165, 1.54) is 0 Å². The number of rotatable bonds is 0. The van der Waals surface area contributed by atoms with Crippen LogP contribution in [0.25, 0.3) is 0 Å². The van der Waals surface area contributed by atoms with Gasteiger partial charge in [-0.2, -0.15) is 16.8 Å². The summed E-state index contributed by atoms with van der Waals surface area (Å²) in [6.45, 7) is 0. The van der Waals surface area contributed by atoms with Gasteiger partial charge in [-0.3, -0.25) is 9.13 Å². The fourth-order valence-electron chi connectivity index (χ4n) is 0. The van der Waals surface area contributed by atoms with Crippen LogP contribution in [0, 0.1) is 0 Å². The molecule has 0 aromatic carbocycles. The molecular formula is F4O4P2Zn. The van der Waals surface area contributed by atoms with Crippen molar-refractivity contribution in [2.45, 2.75) is 0 Å². The summed E-state index contributed by atoms with van der Waals surface area (Å²) in [4.78, 5) is 16.7. The van der Waals surface area contributed by atoms with E-state index in [1.54, 1.807) is 0 Å². The smallest absolute Gasteiger partial charge is 0.749 e. The van der Waals surface area contributed by atoms with Crippen molar-refractivity contribution in [2.24, 2.45) is 0 Å². The third kappa shape index (κ3) is 1560. The molecule has 0 radical (unpaired) electrons. The second-order valence-corrected chi connectivity index (χ2v) is 2.49. The van der Waals surface area contributed by atoms with Crippen LogP contribution in [0.3, 0.4) is 0 Å². The largest absolute Gasteiger partial charge is 2.00 e. The zero-order chi connectivity index (χ0) is 9.00. The van der Waals surface area contributed by atoms with Crippen molar-refractivity contribution in [1.82, 2.24) is 0 Å². The summed E-state index contributed by atoms with van der Waals surface area (Å²) in [7, 11) is -11.8. The molecule has 0 atom stereocenters. The molecule has 0 bridgehead atoms. The first kappa shape index (κ1) is 17.7. The minimum absolute atomic E-state index is 0. The van der Waals surface area contributed by atoms with E-state index in [0.717, 1.165) is 0 Å². The van der Waals surface area contributed by atoms with Gasteiger partial charge in [0.25, 0.3) is 0 Å². The zero-order valence-corrected chi connectivity index (χ0v) is 9.50. The molecule has 0 N–H and O–H groups in total. The van der Waals surface area contributed by atoms with Gasteiger partial charge in [0.05, 0.1) is 0 Å². The predicted octanol–water partition coefficient (Wildman–Crippen LogP) is 0.785. The summed E-state index contributed by atoms with van der Waals surface area (Å²) in [5.41, 5.74) is 0. The fraction of sp³-hybridized carbons (Fsp3) is 0. The molecular weight excluding hydrogens is 267 g/mol.